The van der Waals surface area contributed by atoms with Crippen molar-refractivity contribution < 1.29 is 9.90 Å². The highest BCUT2D eigenvalue weighted by atomic mass is 16.3. The second kappa shape index (κ2) is 3.41. The summed E-state index contributed by atoms with van der Waals surface area (Å²) in [4.78, 5) is 21.1. The molecule has 0 atom stereocenters. The van der Waals surface area contributed by atoms with Gasteiger partial charge in [0.05, 0.1) is 0 Å². The summed E-state index contributed by atoms with van der Waals surface area (Å²) in [5.41, 5.74) is 5.64. The molecule has 1 amide bonds. The fraction of sp³-hybridized carbons (Fsp3) is 0. The number of nitrogens with one attached hydrogen (secondary N) is 1. The molecule has 0 unspecified atom stereocenters. The average Bonchev–Trinajstić information content (AvgIpc) is 2.62. The number of nitrogens with zero attached hydrogens (tertiary/aromatic N) is 2. The van der Waals surface area contributed by atoms with Crippen LogP contribution < -0.4 is 5.73 Å². The summed E-state index contributed by atoms with van der Waals surface area (Å²) in [5.74, 6) is -0.765. The van der Waals surface area contributed by atoms with Crippen LogP contribution in [0.2, 0.25) is 0 Å². The number of hydrogen-bond acceptors (Lipinski definition) is 4. The molecule has 6 heteroatoms. The minimum atomic E-state index is -0.750. The van der Waals surface area contributed by atoms with E-state index in [2.05, 4.69) is 15.0 Å². The normalized spacial score (nSPS) is 10.1. The molecule has 2 aromatic heterocycles. The number of H-pyrrole nitrogens is 1. The number of aromatic nitrogens is 3. The number of amides is 1. The molecule has 0 aliphatic carbocycles. The van der Waals surface area contributed by atoms with Crippen LogP contribution >= 0.6 is 0 Å². The Morgan fingerprint density at radius 1 is 1.40 bits per heavy atom. The Morgan fingerprint density at radius 3 is 2.60 bits per heavy atom. The molecule has 76 valence electrons. The molecule has 15 heavy (non-hydrogen) atoms. The summed E-state index contributed by atoms with van der Waals surface area (Å²) in [6.45, 7) is 0. The number of aromatic amines is 1. The van der Waals surface area contributed by atoms with Crippen molar-refractivity contribution in [2.45, 2.75) is 0 Å². The van der Waals surface area contributed by atoms with Gasteiger partial charge in [0.25, 0.3) is 5.91 Å². The molecule has 0 bridgehead atoms. The van der Waals surface area contributed by atoms with Gasteiger partial charge in [-0.3, -0.25) is 9.78 Å². The van der Waals surface area contributed by atoms with Gasteiger partial charge in [-0.1, -0.05) is 0 Å². The minimum Gasteiger partial charge on any atom is -0.492 e. The van der Waals surface area contributed by atoms with Crippen molar-refractivity contribution >= 4 is 5.91 Å². The number of imidazole rings is 1. The number of carbonyl (C=O) groups is 1. The second-order valence-corrected chi connectivity index (χ2v) is 2.88. The van der Waals surface area contributed by atoms with Gasteiger partial charge in [0.2, 0.25) is 5.88 Å². The fourth-order valence-corrected chi connectivity index (χ4v) is 1.18. The molecule has 0 spiro atoms. The van der Waals surface area contributed by atoms with Crippen molar-refractivity contribution in [2.75, 3.05) is 0 Å². The molecular formula is C9H8N4O2. The van der Waals surface area contributed by atoms with Gasteiger partial charge in [-0.05, 0) is 12.1 Å². The van der Waals surface area contributed by atoms with Gasteiger partial charge in [-0.25, -0.2) is 0 Å². The number of primary amides is 1. The highest BCUT2D eigenvalue weighted by molar-refractivity contribution is 5.93. The first-order valence-corrected chi connectivity index (χ1v) is 4.17. The molecule has 0 saturated carbocycles. The second-order valence-electron chi connectivity index (χ2n) is 2.88. The van der Waals surface area contributed by atoms with Crippen molar-refractivity contribution in [1.29, 1.82) is 0 Å². The van der Waals surface area contributed by atoms with E-state index in [1.807, 2.05) is 0 Å². The molecule has 2 rings (SSSR count). The standard InChI is InChI=1S/C9H8N4O2/c10-7(14)6-9(15)13-8(12-6)5-1-3-11-4-2-5/h1-4,15H,(H2,10,14)(H,12,13). The summed E-state index contributed by atoms with van der Waals surface area (Å²) in [6, 6.07) is 3.39. The van der Waals surface area contributed by atoms with Crippen LogP contribution in [0, 0.1) is 0 Å². The van der Waals surface area contributed by atoms with Crippen LogP contribution in [-0.4, -0.2) is 26.0 Å². The number of carbonyl (C=O) groups excluding carboxylic acids is 1. The first-order valence-electron chi connectivity index (χ1n) is 4.17. The van der Waals surface area contributed by atoms with Crippen molar-refractivity contribution in [1.82, 2.24) is 15.0 Å². The predicted molar refractivity (Wildman–Crippen MR) is 52.0 cm³/mol. The first kappa shape index (κ1) is 9.20. The summed E-state index contributed by atoms with van der Waals surface area (Å²) >= 11 is 0. The molecule has 0 saturated heterocycles. The topological polar surface area (TPSA) is 105 Å². The van der Waals surface area contributed by atoms with Gasteiger partial charge in [-0.2, -0.15) is 4.98 Å². The van der Waals surface area contributed by atoms with Crippen LogP contribution in [-0.2, 0) is 0 Å². The van der Waals surface area contributed by atoms with Crippen LogP contribution in [0.5, 0.6) is 5.88 Å². The Labute approximate surface area is 84.8 Å². The Bertz CT molecular complexity index is 492. The zero-order chi connectivity index (χ0) is 10.8. The fourth-order valence-electron chi connectivity index (χ4n) is 1.18. The van der Waals surface area contributed by atoms with Crippen molar-refractivity contribution in [3.05, 3.63) is 30.2 Å². The van der Waals surface area contributed by atoms with Gasteiger partial charge >= 0.3 is 0 Å². The Morgan fingerprint density at radius 2 is 2.07 bits per heavy atom. The lowest BCUT2D eigenvalue weighted by molar-refractivity contribution is 0.0993. The number of nitrogens with two attached hydrogens (primary N) is 1. The Kier molecular flexibility index (Phi) is 2.09. The first-order chi connectivity index (χ1) is 7.18. The molecule has 2 heterocycles. The van der Waals surface area contributed by atoms with Gasteiger partial charge in [0.15, 0.2) is 5.69 Å². The van der Waals surface area contributed by atoms with Crippen LogP contribution in [0.1, 0.15) is 10.5 Å². The molecule has 4 N–H and O–H groups in total. The summed E-state index contributed by atoms with van der Waals surface area (Å²) < 4.78 is 0. The molecule has 0 aliphatic heterocycles. The number of pyridine rings is 1. The third-order valence-corrected chi connectivity index (χ3v) is 1.88. The molecule has 0 aromatic carbocycles. The van der Waals surface area contributed by atoms with E-state index in [1.54, 1.807) is 24.5 Å². The monoisotopic (exact) mass is 204 g/mol. The number of aromatic hydroxyl groups is 1. The summed E-state index contributed by atoms with van der Waals surface area (Å²) in [6.07, 6.45) is 3.16. The van der Waals surface area contributed by atoms with Crippen molar-refractivity contribution in [3.8, 4) is 17.3 Å². The van der Waals surface area contributed by atoms with E-state index >= 15 is 0 Å². The SMILES string of the molecule is NC(=O)c1[nH]c(-c2ccncc2)nc1O. The van der Waals surface area contributed by atoms with Crippen molar-refractivity contribution in [2.24, 2.45) is 5.73 Å². The maximum atomic E-state index is 10.8. The lowest BCUT2D eigenvalue weighted by Crippen LogP contribution is -2.11. The molecule has 0 aliphatic rings. The Hall–Kier alpha value is -2.37. The highest BCUT2D eigenvalue weighted by Crippen LogP contribution is 2.20. The van der Waals surface area contributed by atoms with E-state index in [4.69, 9.17) is 5.73 Å². The van der Waals surface area contributed by atoms with Crippen LogP contribution in [0.4, 0.5) is 0 Å². The van der Waals surface area contributed by atoms with Gasteiger partial charge < -0.3 is 15.8 Å². The van der Waals surface area contributed by atoms with Gasteiger partial charge in [0.1, 0.15) is 5.82 Å². The zero-order valence-corrected chi connectivity index (χ0v) is 7.64. The van der Waals surface area contributed by atoms with Crippen LogP contribution in [0.25, 0.3) is 11.4 Å². The molecule has 0 radical (unpaired) electrons. The van der Waals surface area contributed by atoms with E-state index in [0.29, 0.717) is 11.4 Å². The molecule has 2 aromatic rings. The van der Waals surface area contributed by atoms with Gasteiger partial charge in [-0.15, -0.1) is 0 Å². The van der Waals surface area contributed by atoms with Crippen LogP contribution in [0.15, 0.2) is 24.5 Å². The maximum absolute atomic E-state index is 10.8. The van der Waals surface area contributed by atoms with Crippen LogP contribution in [0.3, 0.4) is 0 Å². The lowest BCUT2D eigenvalue weighted by Gasteiger charge is -1.93. The van der Waals surface area contributed by atoms with E-state index < -0.39 is 11.8 Å². The third kappa shape index (κ3) is 1.64. The zero-order valence-electron chi connectivity index (χ0n) is 7.64. The maximum Gasteiger partial charge on any atom is 0.270 e. The number of hydrogen-bond donors (Lipinski definition) is 3. The van der Waals surface area contributed by atoms with E-state index in [-0.39, 0.29) is 5.69 Å². The van der Waals surface area contributed by atoms with Gasteiger partial charge in [0, 0.05) is 18.0 Å². The van der Waals surface area contributed by atoms with E-state index in [9.17, 15) is 9.90 Å². The average molecular weight is 204 g/mol. The predicted octanol–water partition coefficient (Wildman–Crippen LogP) is 0.276. The third-order valence-electron chi connectivity index (χ3n) is 1.88. The molecule has 6 nitrogen and oxygen atoms in total. The largest absolute Gasteiger partial charge is 0.492 e. The smallest absolute Gasteiger partial charge is 0.270 e. The van der Waals surface area contributed by atoms with E-state index in [0.717, 1.165) is 0 Å². The molecule has 0 fully saturated rings. The summed E-state index contributed by atoms with van der Waals surface area (Å²) in [5, 5.41) is 9.30. The lowest BCUT2D eigenvalue weighted by atomic mass is 10.2. The Balaban J connectivity index is 2.48. The summed E-state index contributed by atoms with van der Waals surface area (Å²) in [7, 11) is 0. The van der Waals surface area contributed by atoms with Crippen molar-refractivity contribution in [3.63, 3.8) is 0 Å². The quantitative estimate of drug-likeness (QED) is 0.653. The molecular weight excluding hydrogens is 196 g/mol. The van der Waals surface area contributed by atoms with E-state index in [1.165, 1.54) is 0 Å². The minimum absolute atomic E-state index is 0.0955. The highest BCUT2D eigenvalue weighted by Gasteiger charge is 2.14. The number of rotatable bonds is 2.